The lowest BCUT2D eigenvalue weighted by Crippen LogP contribution is -2.22. The summed E-state index contributed by atoms with van der Waals surface area (Å²) in [6.45, 7) is 2.95. The molecule has 1 saturated heterocycles. The van der Waals surface area contributed by atoms with E-state index >= 15 is 0 Å². The van der Waals surface area contributed by atoms with Gasteiger partial charge in [0, 0.05) is 31.4 Å². The molecular formula is C20H26N4O3S. The fourth-order valence-corrected chi connectivity index (χ4v) is 4.12. The van der Waals surface area contributed by atoms with Crippen molar-refractivity contribution in [3.05, 3.63) is 47.0 Å². The van der Waals surface area contributed by atoms with Crippen LogP contribution in [0, 0.1) is 6.92 Å². The highest BCUT2D eigenvalue weighted by atomic mass is 32.2. The minimum Gasteiger partial charge on any atom is -0.496 e. The van der Waals surface area contributed by atoms with Crippen LogP contribution in [0.2, 0.25) is 0 Å². The third-order valence-electron chi connectivity index (χ3n) is 4.70. The zero-order valence-electron chi connectivity index (χ0n) is 16.6. The van der Waals surface area contributed by atoms with Crippen LogP contribution >= 0.6 is 0 Å². The van der Waals surface area contributed by atoms with Crippen LogP contribution in [-0.2, 0) is 10.0 Å². The van der Waals surface area contributed by atoms with Gasteiger partial charge >= 0.3 is 0 Å². The quantitative estimate of drug-likeness (QED) is 0.800. The molecule has 1 unspecified atom stereocenters. The van der Waals surface area contributed by atoms with Crippen molar-refractivity contribution in [3.8, 4) is 5.75 Å². The van der Waals surface area contributed by atoms with Gasteiger partial charge in [0.2, 0.25) is 10.0 Å². The second-order valence-corrected chi connectivity index (χ2v) is 9.12. The number of nitrogens with zero attached hydrogens (tertiary/aromatic N) is 3. The predicted octanol–water partition coefficient (Wildman–Crippen LogP) is 2.64. The lowest BCUT2D eigenvalue weighted by molar-refractivity contribution is 0.413. The van der Waals surface area contributed by atoms with Gasteiger partial charge < -0.3 is 10.1 Å². The summed E-state index contributed by atoms with van der Waals surface area (Å²) in [6, 6.07) is 7.06. The van der Waals surface area contributed by atoms with Crippen LogP contribution in [0.15, 0.2) is 29.2 Å². The Morgan fingerprint density at radius 1 is 1.21 bits per heavy atom. The summed E-state index contributed by atoms with van der Waals surface area (Å²) in [5, 5.41) is 3.45. The van der Waals surface area contributed by atoms with Crippen molar-refractivity contribution in [3.63, 3.8) is 0 Å². The number of aromatic nitrogens is 2. The third-order valence-corrected chi connectivity index (χ3v) is 6.51. The van der Waals surface area contributed by atoms with Crippen molar-refractivity contribution in [1.82, 2.24) is 19.6 Å². The standard InChI is InChI=1S/C20H26N4O3S/c1-14-12-18(17-6-5-11-21-17)23-20(22-14)10-7-15-13-16(8-9-19(15)27-4)28(25,26)24(2)3/h7-10,12-13,17,21H,5-6,11H2,1-4H3. The van der Waals surface area contributed by atoms with Crippen molar-refractivity contribution in [1.29, 1.82) is 0 Å². The highest BCUT2D eigenvalue weighted by Gasteiger charge is 2.19. The van der Waals surface area contributed by atoms with Crippen LogP contribution in [0.25, 0.3) is 12.2 Å². The monoisotopic (exact) mass is 402 g/mol. The Labute approximate surface area is 166 Å². The van der Waals surface area contributed by atoms with Crippen molar-refractivity contribution in [2.75, 3.05) is 27.7 Å². The zero-order chi connectivity index (χ0) is 20.3. The molecule has 1 aliphatic heterocycles. The number of ether oxygens (including phenoxy) is 1. The van der Waals surface area contributed by atoms with E-state index in [0.29, 0.717) is 17.1 Å². The number of nitrogens with one attached hydrogen (secondary N) is 1. The number of methoxy groups -OCH3 is 1. The summed E-state index contributed by atoms with van der Waals surface area (Å²) < 4.78 is 31.4. The maximum absolute atomic E-state index is 12.4. The first-order chi connectivity index (χ1) is 13.3. The van der Waals surface area contributed by atoms with E-state index in [9.17, 15) is 8.42 Å². The van der Waals surface area contributed by atoms with Gasteiger partial charge in [0.15, 0.2) is 5.82 Å². The Morgan fingerprint density at radius 3 is 2.64 bits per heavy atom. The van der Waals surface area contributed by atoms with Crippen molar-refractivity contribution in [2.24, 2.45) is 0 Å². The Balaban J connectivity index is 1.95. The van der Waals surface area contributed by atoms with E-state index < -0.39 is 10.0 Å². The summed E-state index contributed by atoms with van der Waals surface area (Å²) in [5.74, 6) is 1.17. The summed E-state index contributed by atoms with van der Waals surface area (Å²) in [4.78, 5) is 9.35. The molecule has 0 aliphatic carbocycles. The first-order valence-electron chi connectivity index (χ1n) is 9.19. The Bertz CT molecular complexity index is 981. The molecule has 0 amide bonds. The van der Waals surface area contributed by atoms with E-state index in [1.165, 1.54) is 18.4 Å². The number of aryl methyl sites for hydroxylation is 1. The molecule has 0 spiro atoms. The van der Waals surface area contributed by atoms with Crippen LogP contribution in [0.1, 0.15) is 41.7 Å². The maximum Gasteiger partial charge on any atom is 0.242 e. The van der Waals surface area contributed by atoms with Gasteiger partial charge in [-0.1, -0.05) is 0 Å². The smallest absolute Gasteiger partial charge is 0.242 e. The van der Waals surface area contributed by atoms with Gasteiger partial charge in [0.1, 0.15) is 5.75 Å². The molecular weight excluding hydrogens is 376 g/mol. The molecule has 7 nitrogen and oxygen atoms in total. The van der Waals surface area contributed by atoms with Crippen LogP contribution in [0.3, 0.4) is 0 Å². The van der Waals surface area contributed by atoms with Gasteiger partial charge in [-0.2, -0.15) is 0 Å². The molecule has 2 aromatic rings. The molecule has 1 aromatic carbocycles. The first-order valence-corrected chi connectivity index (χ1v) is 10.6. The van der Waals surface area contributed by atoms with E-state index in [1.54, 1.807) is 37.5 Å². The van der Waals surface area contributed by atoms with Crippen LogP contribution < -0.4 is 10.1 Å². The molecule has 0 radical (unpaired) electrons. The summed E-state index contributed by atoms with van der Waals surface area (Å²) in [6.07, 6.45) is 5.78. The Morgan fingerprint density at radius 2 is 2.00 bits per heavy atom. The fraction of sp³-hybridized carbons (Fsp3) is 0.400. The maximum atomic E-state index is 12.4. The molecule has 3 rings (SSSR count). The van der Waals surface area contributed by atoms with E-state index in [1.807, 2.05) is 13.0 Å². The average molecular weight is 403 g/mol. The molecule has 1 fully saturated rings. The van der Waals surface area contributed by atoms with Gasteiger partial charge in [0.25, 0.3) is 0 Å². The van der Waals surface area contributed by atoms with Gasteiger partial charge in [-0.25, -0.2) is 22.7 Å². The number of rotatable bonds is 6. The first kappa shape index (κ1) is 20.4. The lowest BCUT2D eigenvalue weighted by atomic mass is 10.1. The van der Waals surface area contributed by atoms with Gasteiger partial charge in [-0.15, -0.1) is 0 Å². The molecule has 2 heterocycles. The van der Waals surface area contributed by atoms with E-state index in [2.05, 4.69) is 15.3 Å². The van der Waals surface area contributed by atoms with Crippen LogP contribution in [-0.4, -0.2) is 50.4 Å². The highest BCUT2D eigenvalue weighted by molar-refractivity contribution is 7.89. The largest absolute Gasteiger partial charge is 0.496 e. The van der Waals surface area contributed by atoms with Crippen LogP contribution in [0.4, 0.5) is 0 Å². The molecule has 1 N–H and O–H groups in total. The molecule has 1 aromatic heterocycles. The molecule has 0 bridgehead atoms. The highest BCUT2D eigenvalue weighted by Crippen LogP contribution is 2.26. The van der Waals surface area contributed by atoms with Crippen molar-refractivity contribution in [2.45, 2.75) is 30.7 Å². The third kappa shape index (κ3) is 4.40. The lowest BCUT2D eigenvalue weighted by Gasteiger charge is -2.13. The predicted molar refractivity (Wildman–Crippen MR) is 110 cm³/mol. The molecule has 150 valence electrons. The van der Waals surface area contributed by atoms with Gasteiger partial charge in [-0.3, -0.25) is 0 Å². The summed E-state index contributed by atoms with van der Waals surface area (Å²) in [5.41, 5.74) is 2.53. The topological polar surface area (TPSA) is 84.4 Å². The van der Waals surface area contributed by atoms with Gasteiger partial charge in [0.05, 0.1) is 17.7 Å². The van der Waals surface area contributed by atoms with Crippen molar-refractivity contribution < 1.29 is 13.2 Å². The molecule has 1 atom stereocenters. The van der Waals surface area contributed by atoms with E-state index in [-0.39, 0.29) is 10.9 Å². The van der Waals surface area contributed by atoms with Crippen LogP contribution in [0.5, 0.6) is 5.75 Å². The molecule has 28 heavy (non-hydrogen) atoms. The Hall–Kier alpha value is -2.29. The number of hydrogen-bond donors (Lipinski definition) is 1. The average Bonchev–Trinajstić information content (AvgIpc) is 3.20. The minimum absolute atomic E-state index is 0.207. The number of benzene rings is 1. The fourth-order valence-electron chi connectivity index (χ4n) is 3.18. The minimum atomic E-state index is -3.53. The van der Waals surface area contributed by atoms with E-state index in [4.69, 9.17) is 4.74 Å². The zero-order valence-corrected chi connectivity index (χ0v) is 17.5. The number of sulfonamides is 1. The van der Waals surface area contributed by atoms with Gasteiger partial charge in [-0.05, 0) is 62.7 Å². The van der Waals surface area contributed by atoms with Crippen molar-refractivity contribution >= 4 is 22.2 Å². The van der Waals surface area contributed by atoms with E-state index in [0.717, 1.165) is 30.8 Å². The Kier molecular flexibility index (Phi) is 6.12. The molecule has 0 saturated carbocycles. The molecule has 8 heteroatoms. The second kappa shape index (κ2) is 8.38. The number of hydrogen-bond acceptors (Lipinski definition) is 6. The summed E-state index contributed by atoms with van der Waals surface area (Å²) in [7, 11) is 1.04. The summed E-state index contributed by atoms with van der Waals surface area (Å²) >= 11 is 0. The second-order valence-electron chi connectivity index (χ2n) is 6.97. The normalized spacial score (nSPS) is 17.5. The molecule has 1 aliphatic rings. The SMILES string of the molecule is COc1ccc(S(=O)(=O)N(C)C)cc1C=Cc1nc(C)cc(C2CCCN2)n1.